The van der Waals surface area contributed by atoms with E-state index in [1.165, 1.54) is 104 Å². The summed E-state index contributed by atoms with van der Waals surface area (Å²) >= 11 is 0. The SMILES string of the molecule is c1ccc([Si](c2ccccc2)(c2ccccc2)c2cccc(-c3ccc4c(c3)-c3cccc(-n5c6ccccc6c6ccccc65)c3-c3ccccc3-c3ccccc3-4)c2)cc1. The summed E-state index contributed by atoms with van der Waals surface area (Å²) in [6.45, 7) is 0. The summed E-state index contributed by atoms with van der Waals surface area (Å²) in [5.74, 6) is 0. The van der Waals surface area contributed by atoms with Gasteiger partial charge in [0.15, 0.2) is 8.07 Å². The molecule has 11 aromatic rings. The van der Waals surface area contributed by atoms with Crippen LogP contribution < -0.4 is 20.7 Å². The molecule has 10 aromatic carbocycles. The minimum Gasteiger partial charge on any atom is -0.309 e. The third-order valence-electron chi connectivity index (χ3n) is 13.1. The largest absolute Gasteiger partial charge is 0.309 e. The fourth-order valence-electron chi connectivity index (χ4n) is 10.5. The zero-order valence-corrected chi connectivity index (χ0v) is 35.1. The Hall–Kier alpha value is -7.78. The first-order valence-electron chi connectivity index (χ1n) is 21.5. The van der Waals surface area contributed by atoms with Crippen molar-refractivity contribution >= 4 is 50.6 Å². The summed E-state index contributed by atoms with van der Waals surface area (Å²) < 4.78 is 2.49. The standard InChI is InChI=1S/C60H41NSi/c1-4-21-44(22-5-1)62(45-23-6-2-7-24-45,46-25-8-3-9-26-46)47-27-18-20-42(40-47)43-38-39-51-49-29-11-10-28-48(49)50-30-12-13-33-54(50)60-55(56(51)41-43)34-19-37-59(60)61-57-35-16-14-31-52(57)53-32-15-17-36-58(53)61/h1-41H. The van der Waals surface area contributed by atoms with E-state index in [1.807, 2.05) is 0 Å². The van der Waals surface area contributed by atoms with E-state index in [1.54, 1.807) is 0 Å². The molecule has 12 rings (SSSR count). The van der Waals surface area contributed by atoms with Crippen molar-refractivity contribution in [1.82, 2.24) is 4.57 Å². The van der Waals surface area contributed by atoms with Crippen LogP contribution >= 0.6 is 0 Å². The second-order valence-electron chi connectivity index (χ2n) is 16.3. The maximum Gasteiger partial charge on any atom is 0.179 e. The predicted molar refractivity (Wildman–Crippen MR) is 265 cm³/mol. The number of benzene rings is 10. The van der Waals surface area contributed by atoms with Gasteiger partial charge in [-0.05, 0) is 95.1 Å². The zero-order valence-electron chi connectivity index (χ0n) is 34.1. The van der Waals surface area contributed by atoms with Gasteiger partial charge < -0.3 is 4.57 Å². The van der Waals surface area contributed by atoms with E-state index in [4.69, 9.17) is 0 Å². The molecule has 290 valence electrons. The van der Waals surface area contributed by atoms with Crippen molar-refractivity contribution in [1.29, 1.82) is 0 Å². The van der Waals surface area contributed by atoms with Crippen LogP contribution in [0.3, 0.4) is 0 Å². The van der Waals surface area contributed by atoms with Gasteiger partial charge in [0.05, 0.1) is 16.7 Å². The topological polar surface area (TPSA) is 4.93 Å². The Balaban J connectivity index is 1.13. The zero-order chi connectivity index (χ0) is 41.0. The molecular formula is C60H41NSi. The van der Waals surface area contributed by atoms with Crippen molar-refractivity contribution in [2.24, 2.45) is 0 Å². The van der Waals surface area contributed by atoms with Gasteiger partial charge in [0.1, 0.15) is 0 Å². The van der Waals surface area contributed by atoms with E-state index >= 15 is 0 Å². The Morgan fingerprint density at radius 3 is 1.26 bits per heavy atom. The van der Waals surface area contributed by atoms with Crippen LogP contribution in [0.4, 0.5) is 0 Å². The maximum atomic E-state index is 2.49. The number of hydrogen-bond donors (Lipinski definition) is 0. The Labute approximate surface area is 363 Å². The van der Waals surface area contributed by atoms with Crippen LogP contribution in [-0.2, 0) is 0 Å². The fourth-order valence-corrected chi connectivity index (χ4v) is 15.3. The second-order valence-corrected chi connectivity index (χ2v) is 20.2. The number of para-hydroxylation sites is 2. The lowest BCUT2D eigenvalue weighted by Crippen LogP contribution is -2.74. The average Bonchev–Trinajstić information content (AvgIpc) is 3.69. The predicted octanol–water partition coefficient (Wildman–Crippen LogP) is 12.8. The second kappa shape index (κ2) is 14.7. The van der Waals surface area contributed by atoms with Crippen LogP contribution in [0.1, 0.15) is 0 Å². The Kier molecular flexibility index (Phi) is 8.58. The van der Waals surface area contributed by atoms with Crippen molar-refractivity contribution < 1.29 is 0 Å². The van der Waals surface area contributed by atoms with E-state index in [2.05, 4.69) is 253 Å². The summed E-state index contributed by atoms with van der Waals surface area (Å²) in [7, 11) is -2.74. The van der Waals surface area contributed by atoms with Gasteiger partial charge in [0, 0.05) is 16.3 Å². The summed E-state index contributed by atoms with van der Waals surface area (Å²) in [6, 6.07) is 92.8. The molecule has 0 spiro atoms. The molecule has 0 amide bonds. The molecule has 0 radical (unpaired) electrons. The third-order valence-corrected chi connectivity index (χ3v) is 17.9. The summed E-state index contributed by atoms with van der Waals surface area (Å²) in [5, 5.41) is 7.99. The number of aromatic nitrogens is 1. The summed E-state index contributed by atoms with van der Waals surface area (Å²) in [4.78, 5) is 0. The highest BCUT2D eigenvalue weighted by atomic mass is 28.3. The number of rotatable bonds is 6. The van der Waals surface area contributed by atoms with Crippen LogP contribution in [0.2, 0.25) is 0 Å². The molecule has 0 saturated carbocycles. The van der Waals surface area contributed by atoms with Crippen LogP contribution in [-0.4, -0.2) is 12.6 Å². The molecule has 0 unspecified atom stereocenters. The molecule has 1 aliphatic rings. The van der Waals surface area contributed by atoms with E-state index in [0.29, 0.717) is 0 Å². The van der Waals surface area contributed by atoms with Crippen LogP contribution in [0, 0.1) is 0 Å². The minimum absolute atomic E-state index is 1.18. The number of nitrogens with zero attached hydrogens (tertiary/aromatic N) is 1. The highest BCUT2D eigenvalue weighted by Crippen LogP contribution is 2.51. The van der Waals surface area contributed by atoms with Gasteiger partial charge in [0.25, 0.3) is 0 Å². The number of fused-ring (bicyclic) bond motifs is 11. The first-order valence-corrected chi connectivity index (χ1v) is 23.5. The molecule has 1 nitrogen and oxygen atoms in total. The van der Waals surface area contributed by atoms with Crippen molar-refractivity contribution in [2.45, 2.75) is 0 Å². The van der Waals surface area contributed by atoms with Gasteiger partial charge in [-0.2, -0.15) is 0 Å². The first kappa shape index (κ1) is 36.1. The van der Waals surface area contributed by atoms with Crippen LogP contribution in [0.25, 0.3) is 83.1 Å². The molecule has 0 bridgehead atoms. The van der Waals surface area contributed by atoms with E-state index in [-0.39, 0.29) is 0 Å². The van der Waals surface area contributed by atoms with Crippen molar-refractivity contribution in [3.05, 3.63) is 249 Å². The minimum atomic E-state index is -2.74. The van der Waals surface area contributed by atoms with E-state index < -0.39 is 8.07 Å². The molecule has 2 heteroatoms. The van der Waals surface area contributed by atoms with Gasteiger partial charge in [0.2, 0.25) is 0 Å². The fraction of sp³-hybridized carbons (Fsp3) is 0. The van der Waals surface area contributed by atoms with E-state index in [9.17, 15) is 0 Å². The normalized spacial score (nSPS) is 11.9. The molecule has 0 aliphatic heterocycles. The molecule has 1 aliphatic carbocycles. The molecule has 62 heavy (non-hydrogen) atoms. The van der Waals surface area contributed by atoms with Crippen molar-refractivity contribution in [3.63, 3.8) is 0 Å². The molecule has 0 fully saturated rings. The summed E-state index contributed by atoms with van der Waals surface area (Å²) in [5.41, 5.74) is 15.9. The molecule has 0 saturated heterocycles. The van der Waals surface area contributed by atoms with Crippen molar-refractivity contribution in [2.75, 3.05) is 0 Å². The highest BCUT2D eigenvalue weighted by Gasteiger charge is 2.41. The Morgan fingerprint density at radius 2 is 0.677 bits per heavy atom. The molecule has 1 aromatic heterocycles. The van der Waals surface area contributed by atoms with Gasteiger partial charge >= 0.3 is 0 Å². The van der Waals surface area contributed by atoms with Crippen LogP contribution in [0.15, 0.2) is 249 Å². The summed E-state index contributed by atoms with van der Waals surface area (Å²) in [6.07, 6.45) is 0. The lowest BCUT2D eigenvalue weighted by Gasteiger charge is -2.34. The highest BCUT2D eigenvalue weighted by molar-refractivity contribution is 7.19. The lowest BCUT2D eigenvalue weighted by atomic mass is 9.79. The third kappa shape index (κ3) is 5.54. The monoisotopic (exact) mass is 803 g/mol. The quantitative estimate of drug-likeness (QED) is 0.117. The molecular weight excluding hydrogens is 763 g/mol. The van der Waals surface area contributed by atoms with Crippen LogP contribution in [0.5, 0.6) is 0 Å². The molecule has 0 atom stereocenters. The van der Waals surface area contributed by atoms with Gasteiger partial charge in [-0.25, -0.2) is 0 Å². The van der Waals surface area contributed by atoms with E-state index in [0.717, 1.165) is 0 Å². The van der Waals surface area contributed by atoms with Gasteiger partial charge in [-0.3, -0.25) is 0 Å². The number of hydrogen-bond acceptors (Lipinski definition) is 0. The molecule has 1 heterocycles. The van der Waals surface area contributed by atoms with Crippen molar-refractivity contribution in [3.8, 4) is 61.3 Å². The smallest absolute Gasteiger partial charge is 0.179 e. The Bertz CT molecular complexity index is 3310. The van der Waals surface area contributed by atoms with Gasteiger partial charge in [-0.1, -0.05) is 224 Å². The lowest BCUT2D eigenvalue weighted by molar-refractivity contribution is 1.18. The Morgan fingerprint density at radius 1 is 0.258 bits per heavy atom. The molecule has 0 N–H and O–H groups in total. The van der Waals surface area contributed by atoms with Gasteiger partial charge in [-0.15, -0.1) is 0 Å². The maximum absolute atomic E-state index is 2.74. The average molecular weight is 804 g/mol. The first-order chi connectivity index (χ1) is 30.8.